The van der Waals surface area contributed by atoms with Crippen LogP contribution in [0.1, 0.15) is 17.3 Å². The highest BCUT2D eigenvalue weighted by Gasteiger charge is 2.27. The fourth-order valence-electron chi connectivity index (χ4n) is 2.45. The minimum Gasteiger partial charge on any atom is -0.389 e. The molecule has 0 saturated carbocycles. The highest BCUT2D eigenvalue weighted by atomic mass is 32.2. The van der Waals surface area contributed by atoms with Gasteiger partial charge in [-0.15, -0.1) is 11.8 Å². The van der Waals surface area contributed by atoms with Crippen LogP contribution in [0.4, 0.5) is 0 Å². The molecule has 21 heavy (non-hydrogen) atoms. The zero-order valence-corrected chi connectivity index (χ0v) is 13.1. The van der Waals surface area contributed by atoms with E-state index in [0.717, 1.165) is 4.90 Å². The number of hydrogen-bond donors (Lipinski definition) is 1. The lowest BCUT2D eigenvalue weighted by Crippen LogP contribution is -2.37. The molecule has 114 valence electrons. The molecule has 0 aromatic heterocycles. The lowest BCUT2D eigenvalue weighted by Gasteiger charge is -2.22. The van der Waals surface area contributed by atoms with Gasteiger partial charge in [-0.2, -0.15) is 0 Å². The minimum atomic E-state index is -0.707. The number of carbonyl (C=O) groups excluding carboxylic acids is 2. The smallest absolute Gasteiger partial charge is 0.255 e. The second-order valence-electron chi connectivity index (χ2n) is 5.07. The molecule has 1 aromatic carbocycles. The lowest BCUT2D eigenvalue weighted by molar-refractivity contribution is -0.129. The van der Waals surface area contributed by atoms with Gasteiger partial charge < -0.3 is 14.9 Å². The number of aliphatic hydroxyl groups excluding tert-OH is 1. The average molecular weight is 308 g/mol. The van der Waals surface area contributed by atoms with Crippen LogP contribution in [-0.4, -0.2) is 65.3 Å². The van der Waals surface area contributed by atoms with Gasteiger partial charge in [0.05, 0.1) is 11.7 Å². The quantitative estimate of drug-likeness (QED) is 0.830. The van der Waals surface area contributed by atoms with Crippen molar-refractivity contribution < 1.29 is 14.7 Å². The van der Waals surface area contributed by atoms with Crippen molar-refractivity contribution in [2.24, 2.45) is 0 Å². The number of thioether (sulfide) groups is 1. The van der Waals surface area contributed by atoms with Gasteiger partial charge in [0.1, 0.15) is 0 Å². The number of carbonyl (C=O) groups is 2. The Balaban J connectivity index is 2.17. The molecule has 1 heterocycles. The number of amides is 2. The molecule has 2 amide bonds. The molecular weight excluding hydrogens is 288 g/mol. The Morgan fingerprint density at radius 3 is 2.48 bits per heavy atom. The number of rotatable bonds is 2. The molecule has 1 aliphatic heterocycles. The van der Waals surface area contributed by atoms with Crippen molar-refractivity contribution in [2.45, 2.75) is 17.9 Å². The fraction of sp³-hybridized carbons (Fsp3) is 0.467. The summed E-state index contributed by atoms with van der Waals surface area (Å²) in [7, 11) is 0. The monoisotopic (exact) mass is 308 g/mol. The molecule has 1 unspecified atom stereocenters. The molecule has 6 heteroatoms. The van der Waals surface area contributed by atoms with Gasteiger partial charge in [0.25, 0.3) is 5.91 Å². The second-order valence-corrected chi connectivity index (χ2v) is 5.92. The van der Waals surface area contributed by atoms with Crippen molar-refractivity contribution in [1.29, 1.82) is 0 Å². The Kier molecular flexibility index (Phi) is 5.25. The maximum Gasteiger partial charge on any atom is 0.255 e. The van der Waals surface area contributed by atoms with Crippen LogP contribution in [0.3, 0.4) is 0 Å². The van der Waals surface area contributed by atoms with Crippen molar-refractivity contribution in [2.75, 3.05) is 32.4 Å². The molecule has 1 fully saturated rings. The Morgan fingerprint density at radius 2 is 1.81 bits per heavy atom. The molecule has 1 N–H and O–H groups in total. The average Bonchev–Trinajstić information content (AvgIpc) is 2.68. The Labute approximate surface area is 128 Å². The molecule has 1 aliphatic rings. The number of aliphatic hydroxyl groups is 1. The van der Waals surface area contributed by atoms with Gasteiger partial charge in [0.2, 0.25) is 5.91 Å². The lowest BCUT2D eigenvalue weighted by atomic mass is 10.2. The summed E-state index contributed by atoms with van der Waals surface area (Å²) < 4.78 is 0. The molecule has 1 saturated heterocycles. The molecule has 1 atom stereocenters. The highest BCUT2D eigenvalue weighted by molar-refractivity contribution is 7.98. The third kappa shape index (κ3) is 3.77. The van der Waals surface area contributed by atoms with Gasteiger partial charge in [0, 0.05) is 38.0 Å². The summed E-state index contributed by atoms with van der Waals surface area (Å²) in [5.74, 6) is -0.169. The van der Waals surface area contributed by atoms with E-state index in [0.29, 0.717) is 18.7 Å². The van der Waals surface area contributed by atoms with Crippen LogP contribution < -0.4 is 0 Å². The first-order valence-electron chi connectivity index (χ1n) is 6.88. The standard InChI is InChI=1S/C15H20N2O3S/c1-11(18)16-7-8-17(10-12(19)9-16)15(20)13-5-3-4-6-14(13)21-2/h3-6,12,19H,7-10H2,1-2H3. The number of nitrogens with zero attached hydrogens (tertiary/aromatic N) is 2. The largest absolute Gasteiger partial charge is 0.389 e. The van der Waals surface area contributed by atoms with Crippen molar-refractivity contribution in [1.82, 2.24) is 9.80 Å². The summed E-state index contributed by atoms with van der Waals surface area (Å²) in [5, 5.41) is 10.0. The summed E-state index contributed by atoms with van der Waals surface area (Å²) >= 11 is 1.52. The van der Waals surface area contributed by atoms with Gasteiger partial charge in [-0.1, -0.05) is 12.1 Å². The van der Waals surface area contributed by atoms with Crippen LogP contribution >= 0.6 is 11.8 Å². The zero-order valence-electron chi connectivity index (χ0n) is 12.3. The summed E-state index contributed by atoms with van der Waals surface area (Å²) in [6, 6.07) is 7.45. The zero-order chi connectivity index (χ0) is 15.4. The third-order valence-electron chi connectivity index (χ3n) is 3.57. The van der Waals surface area contributed by atoms with E-state index >= 15 is 0 Å². The maximum absolute atomic E-state index is 12.7. The van der Waals surface area contributed by atoms with Gasteiger partial charge in [-0.05, 0) is 18.4 Å². The van der Waals surface area contributed by atoms with E-state index in [1.165, 1.54) is 18.7 Å². The Bertz CT molecular complexity index is 535. The van der Waals surface area contributed by atoms with E-state index in [1.807, 2.05) is 24.5 Å². The Hall–Kier alpha value is -1.53. The molecule has 1 aromatic rings. The van der Waals surface area contributed by atoms with Crippen molar-refractivity contribution in [3.8, 4) is 0 Å². The first-order chi connectivity index (χ1) is 10.0. The predicted octanol–water partition coefficient (Wildman–Crippen LogP) is 1.07. The molecule has 0 radical (unpaired) electrons. The second kappa shape index (κ2) is 6.95. The summed E-state index contributed by atoms with van der Waals surface area (Å²) in [6.45, 7) is 2.92. The molecule has 2 rings (SSSR count). The normalized spacial score (nSPS) is 19.3. The van der Waals surface area contributed by atoms with Crippen LogP contribution in [0.15, 0.2) is 29.2 Å². The van der Waals surface area contributed by atoms with Crippen molar-refractivity contribution in [3.05, 3.63) is 29.8 Å². The van der Waals surface area contributed by atoms with Crippen LogP contribution in [0.2, 0.25) is 0 Å². The van der Waals surface area contributed by atoms with E-state index in [4.69, 9.17) is 0 Å². The summed E-state index contributed by atoms with van der Waals surface area (Å²) in [5.41, 5.74) is 0.647. The van der Waals surface area contributed by atoms with Crippen LogP contribution in [0.25, 0.3) is 0 Å². The van der Waals surface area contributed by atoms with Gasteiger partial charge in [0.15, 0.2) is 0 Å². The van der Waals surface area contributed by atoms with E-state index in [-0.39, 0.29) is 24.9 Å². The first-order valence-corrected chi connectivity index (χ1v) is 8.11. The van der Waals surface area contributed by atoms with Gasteiger partial charge >= 0.3 is 0 Å². The Morgan fingerprint density at radius 1 is 1.19 bits per heavy atom. The van der Waals surface area contributed by atoms with Gasteiger partial charge in [-0.25, -0.2) is 0 Å². The fourth-order valence-corrected chi connectivity index (χ4v) is 3.04. The molecule has 5 nitrogen and oxygen atoms in total. The molecule has 0 spiro atoms. The predicted molar refractivity (Wildman–Crippen MR) is 82.4 cm³/mol. The molecule has 0 aliphatic carbocycles. The number of hydrogen-bond acceptors (Lipinski definition) is 4. The number of benzene rings is 1. The van der Waals surface area contributed by atoms with Crippen LogP contribution in [0.5, 0.6) is 0 Å². The van der Waals surface area contributed by atoms with E-state index < -0.39 is 6.10 Å². The van der Waals surface area contributed by atoms with E-state index in [1.54, 1.807) is 15.9 Å². The van der Waals surface area contributed by atoms with Crippen LogP contribution in [-0.2, 0) is 4.79 Å². The summed E-state index contributed by atoms with van der Waals surface area (Å²) in [6.07, 6.45) is 1.22. The summed E-state index contributed by atoms with van der Waals surface area (Å²) in [4.78, 5) is 28.2. The van der Waals surface area contributed by atoms with Crippen LogP contribution in [0, 0.1) is 0 Å². The van der Waals surface area contributed by atoms with Crippen molar-refractivity contribution in [3.63, 3.8) is 0 Å². The number of β-amino-alcohol motifs (C(OH)–C–C–N with tert-alkyl or cyclic N) is 1. The highest BCUT2D eigenvalue weighted by Crippen LogP contribution is 2.22. The maximum atomic E-state index is 12.7. The van der Waals surface area contributed by atoms with E-state index in [9.17, 15) is 14.7 Å². The van der Waals surface area contributed by atoms with Gasteiger partial charge in [-0.3, -0.25) is 9.59 Å². The molecule has 0 bridgehead atoms. The third-order valence-corrected chi connectivity index (χ3v) is 4.37. The SMILES string of the molecule is CSc1ccccc1C(=O)N1CCN(C(C)=O)CC(O)C1. The molecular formula is C15H20N2O3S. The van der Waals surface area contributed by atoms with Crippen molar-refractivity contribution >= 4 is 23.6 Å². The van der Waals surface area contributed by atoms with E-state index in [2.05, 4.69) is 0 Å². The minimum absolute atomic E-state index is 0.0761. The first kappa shape index (κ1) is 15.9. The topological polar surface area (TPSA) is 60.9 Å².